The molecule has 2 N–H and O–H groups in total. The van der Waals surface area contributed by atoms with Crippen LogP contribution in [-0.4, -0.2) is 30.2 Å². The molecule has 0 spiro atoms. The second-order valence-corrected chi connectivity index (χ2v) is 6.28. The minimum atomic E-state index is -0.499. The first kappa shape index (κ1) is 16.3. The van der Waals surface area contributed by atoms with Gasteiger partial charge in [0.05, 0.1) is 12.3 Å². The average Bonchev–Trinajstić information content (AvgIpc) is 3.25. The SMILES string of the molecule is [C-]#[N+]c1c(N=Nc2c(C)[nH]n(-c3nnco3)c2=O)n[nH]c1C(C)(C)C. The lowest BCUT2D eigenvalue weighted by Crippen LogP contribution is -2.14. The zero-order valence-corrected chi connectivity index (χ0v) is 14.0. The number of hydrogen-bond donors (Lipinski definition) is 2. The summed E-state index contributed by atoms with van der Waals surface area (Å²) in [6.45, 7) is 14.9. The van der Waals surface area contributed by atoms with Crippen LogP contribution >= 0.6 is 0 Å². The summed E-state index contributed by atoms with van der Waals surface area (Å²) >= 11 is 0. The molecule has 0 saturated heterocycles. The lowest BCUT2D eigenvalue weighted by Gasteiger charge is -2.16. The Bertz CT molecular complexity index is 1020. The molecule has 0 aliphatic heterocycles. The van der Waals surface area contributed by atoms with Gasteiger partial charge in [0.2, 0.25) is 12.2 Å². The first-order valence-electron chi connectivity index (χ1n) is 7.29. The summed E-state index contributed by atoms with van der Waals surface area (Å²) in [6, 6.07) is -0.00816. The Morgan fingerprint density at radius 3 is 2.72 bits per heavy atom. The van der Waals surface area contributed by atoms with Crippen LogP contribution in [0, 0.1) is 13.5 Å². The number of aryl methyl sites for hydroxylation is 1. The molecule has 25 heavy (non-hydrogen) atoms. The molecule has 0 aromatic carbocycles. The monoisotopic (exact) mass is 341 g/mol. The maximum absolute atomic E-state index is 12.4. The molecule has 0 atom stereocenters. The van der Waals surface area contributed by atoms with E-state index in [1.807, 2.05) is 20.8 Å². The van der Waals surface area contributed by atoms with Crippen molar-refractivity contribution in [1.29, 1.82) is 0 Å². The first-order chi connectivity index (χ1) is 11.8. The summed E-state index contributed by atoms with van der Waals surface area (Å²) in [5.74, 6) is 0.129. The van der Waals surface area contributed by atoms with Crippen LogP contribution in [0.5, 0.6) is 0 Å². The number of H-pyrrole nitrogens is 2. The van der Waals surface area contributed by atoms with Crippen molar-refractivity contribution in [3.05, 3.63) is 39.6 Å². The third kappa shape index (κ3) is 2.85. The van der Waals surface area contributed by atoms with Crippen LogP contribution in [0.1, 0.15) is 32.2 Å². The molecule has 11 nitrogen and oxygen atoms in total. The van der Waals surface area contributed by atoms with Gasteiger partial charge < -0.3 is 4.42 Å². The second-order valence-electron chi connectivity index (χ2n) is 6.28. The van der Waals surface area contributed by atoms with E-state index in [1.54, 1.807) is 6.92 Å². The van der Waals surface area contributed by atoms with E-state index < -0.39 is 5.56 Å². The van der Waals surface area contributed by atoms with Gasteiger partial charge >= 0.3 is 11.6 Å². The minimum absolute atomic E-state index is 0.00816. The summed E-state index contributed by atoms with van der Waals surface area (Å²) in [5, 5.41) is 24.7. The highest BCUT2D eigenvalue weighted by Crippen LogP contribution is 2.37. The number of nitrogens with one attached hydrogen (secondary N) is 2. The van der Waals surface area contributed by atoms with E-state index in [9.17, 15) is 4.79 Å². The van der Waals surface area contributed by atoms with Gasteiger partial charge in [0.25, 0.3) is 5.69 Å². The molecule has 0 bridgehead atoms. The lowest BCUT2D eigenvalue weighted by molar-refractivity contribution is 0.502. The maximum atomic E-state index is 12.4. The van der Waals surface area contributed by atoms with E-state index in [0.717, 1.165) is 11.1 Å². The van der Waals surface area contributed by atoms with E-state index in [0.29, 0.717) is 11.4 Å². The Hall–Kier alpha value is -3.55. The van der Waals surface area contributed by atoms with Crippen molar-refractivity contribution in [2.24, 2.45) is 10.2 Å². The van der Waals surface area contributed by atoms with E-state index in [-0.39, 0.29) is 28.6 Å². The predicted molar refractivity (Wildman–Crippen MR) is 86.7 cm³/mol. The smallest absolute Gasteiger partial charge is 0.345 e. The molecule has 0 amide bonds. The van der Waals surface area contributed by atoms with E-state index in [2.05, 4.69) is 40.6 Å². The molecule has 0 fully saturated rings. The molecule has 3 aromatic rings. The fourth-order valence-corrected chi connectivity index (χ4v) is 2.18. The number of rotatable bonds is 3. The van der Waals surface area contributed by atoms with Crippen LogP contribution in [0.3, 0.4) is 0 Å². The van der Waals surface area contributed by atoms with Crippen molar-refractivity contribution in [1.82, 2.24) is 30.2 Å². The highest BCUT2D eigenvalue weighted by Gasteiger charge is 2.24. The van der Waals surface area contributed by atoms with E-state index >= 15 is 0 Å². The quantitative estimate of drug-likeness (QED) is 0.558. The largest absolute Gasteiger partial charge is 0.409 e. The van der Waals surface area contributed by atoms with Crippen molar-refractivity contribution in [3.8, 4) is 6.01 Å². The molecule has 128 valence electrons. The standard InChI is InChI=1S/C14H15N9O2/c1-7-8(12(24)23(22-7)13-21-16-6-25-13)17-19-11-9(15-5)10(18-20-11)14(2,3)4/h6,22H,1-4H3,(H,18,20). The van der Waals surface area contributed by atoms with Gasteiger partial charge in [-0.25, -0.2) is 4.85 Å². The Balaban J connectivity index is 2.01. The molecule has 11 heteroatoms. The van der Waals surface area contributed by atoms with Crippen LogP contribution in [0.4, 0.5) is 17.2 Å². The highest BCUT2D eigenvalue weighted by atomic mass is 16.4. The Kier molecular flexibility index (Phi) is 3.80. The third-order valence-corrected chi connectivity index (χ3v) is 3.41. The number of hydrogen-bond acceptors (Lipinski definition) is 7. The van der Waals surface area contributed by atoms with Gasteiger partial charge in [-0.2, -0.15) is 9.78 Å². The van der Waals surface area contributed by atoms with E-state index in [1.165, 1.54) is 0 Å². The molecule has 0 aliphatic rings. The van der Waals surface area contributed by atoms with Gasteiger partial charge in [0, 0.05) is 5.69 Å². The van der Waals surface area contributed by atoms with Crippen LogP contribution in [0.25, 0.3) is 10.9 Å². The van der Waals surface area contributed by atoms with Crippen LogP contribution < -0.4 is 5.56 Å². The minimum Gasteiger partial charge on any atom is -0.409 e. The summed E-state index contributed by atoms with van der Waals surface area (Å²) < 4.78 is 6.06. The zero-order chi connectivity index (χ0) is 18.2. The van der Waals surface area contributed by atoms with Gasteiger partial charge in [-0.15, -0.1) is 15.3 Å². The van der Waals surface area contributed by atoms with Crippen molar-refractivity contribution >= 4 is 17.2 Å². The normalized spacial score (nSPS) is 12.0. The molecule has 0 saturated carbocycles. The average molecular weight is 341 g/mol. The topological polar surface area (TPSA) is 134 Å². The summed E-state index contributed by atoms with van der Waals surface area (Å²) in [4.78, 5) is 15.9. The number of azo groups is 1. The Morgan fingerprint density at radius 1 is 1.36 bits per heavy atom. The van der Waals surface area contributed by atoms with Crippen molar-refractivity contribution < 1.29 is 4.42 Å². The third-order valence-electron chi connectivity index (χ3n) is 3.41. The fourth-order valence-electron chi connectivity index (χ4n) is 2.18. The summed E-state index contributed by atoms with van der Waals surface area (Å²) in [7, 11) is 0. The molecule has 0 radical (unpaired) electrons. The molecule has 3 rings (SSSR count). The number of aromatic amines is 2. The Morgan fingerprint density at radius 2 is 2.12 bits per heavy atom. The highest BCUT2D eigenvalue weighted by molar-refractivity contribution is 5.66. The molecule has 0 aliphatic carbocycles. The predicted octanol–water partition coefficient (Wildman–Crippen LogP) is 2.84. The van der Waals surface area contributed by atoms with Crippen LogP contribution in [0.2, 0.25) is 0 Å². The van der Waals surface area contributed by atoms with Gasteiger partial charge in [0.1, 0.15) is 0 Å². The number of aromatic nitrogens is 6. The molecule has 0 unspecified atom stereocenters. The first-order valence-corrected chi connectivity index (χ1v) is 7.29. The van der Waals surface area contributed by atoms with Crippen molar-refractivity contribution in [3.63, 3.8) is 0 Å². The molecule has 3 heterocycles. The Labute approximate surface area is 141 Å². The van der Waals surface area contributed by atoms with Gasteiger partial charge in [-0.3, -0.25) is 15.0 Å². The summed E-state index contributed by atoms with van der Waals surface area (Å²) in [6.07, 6.45) is 1.11. The lowest BCUT2D eigenvalue weighted by atomic mass is 9.91. The maximum Gasteiger partial charge on any atom is 0.345 e. The zero-order valence-electron chi connectivity index (χ0n) is 14.0. The fraction of sp³-hybridized carbons (Fsp3) is 0.357. The molecular formula is C14H15N9O2. The van der Waals surface area contributed by atoms with Crippen LogP contribution in [-0.2, 0) is 5.41 Å². The van der Waals surface area contributed by atoms with E-state index in [4.69, 9.17) is 11.0 Å². The van der Waals surface area contributed by atoms with Crippen molar-refractivity contribution in [2.75, 3.05) is 0 Å². The van der Waals surface area contributed by atoms with Gasteiger partial charge in [-0.05, 0) is 12.3 Å². The van der Waals surface area contributed by atoms with Gasteiger partial charge in [0.15, 0.2) is 5.69 Å². The van der Waals surface area contributed by atoms with Gasteiger partial charge in [-0.1, -0.05) is 25.9 Å². The van der Waals surface area contributed by atoms with Crippen molar-refractivity contribution in [2.45, 2.75) is 33.1 Å². The number of nitrogens with zero attached hydrogens (tertiary/aromatic N) is 7. The summed E-state index contributed by atoms with van der Waals surface area (Å²) in [5.41, 5.74) is 0.668. The second kappa shape index (κ2) is 5.82. The van der Waals surface area contributed by atoms with Crippen LogP contribution in [0.15, 0.2) is 25.8 Å². The molecular weight excluding hydrogens is 326 g/mol. The molecule has 3 aromatic heterocycles.